The van der Waals surface area contributed by atoms with Crippen LogP contribution in [0.15, 0.2) is 36.7 Å². The molecule has 29 heavy (non-hydrogen) atoms. The Morgan fingerprint density at radius 2 is 1.93 bits per heavy atom. The zero-order valence-corrected chi connectivity index (χ0v) is 15.7. The minimum atomic E-state index is -3.26. The first kappa shape index (κ1) is 19.1. The van der Waals surface area contributed by atoms with Crippen molar-refractivity contribution in [3.8, 4) is 22.8 Å². The van der Waals surface area contributed by atoms with Crippen LogP contribution in [0.3, 0.4) is 0 Å². The van der Waals surface area contributed by atoms with Crippen molar-refractivity contribution in [2.75, 3.05) is 20.8 Å². The Labute approximate surface area is 164 Å². The predicted molar refractivity (Wildman–Crippen MR) is 99.4 cm³/mol. The molecule has 9 heteroatoms. The summed E-state index contributed by atoms with van der Waals surface area (Å²) < 4.78 is 51.8. The van der Waals surface area contributed by atoms with Gasteiger partial charge in [0.1, 0.15) is 17.1 Å². The van der Waals surface area contributed by atoms with Crippen LogP contribution < -0.4 is 9.47 Å². The number of hydrogen-bond donors (Lipinski definition) is 0. The molecule has 1 amide bonds. The summed E-state index contributed by atoms with van der Waals surface area (Å²) >= 11 is 0. The van der Waals surface area contributed by atoms with Crippen molar-refractivity contribution in [2.45, 2.75) is 19.1 Å². The maximum Gasteiger partial charge on any atom is 0.287 e. The molecule has 0 fully saturated rings. The molecule has 1 aliphatic heterocycles. The Bertz CT molecular complexity index is 1070. The van der Waals surface area contributed by atoms with Gasteiger partial charge in [0.25, 0.3) is 12.3 Å². The molecular formula is C20H18F3N3O3. The molecule has 3 aromatic rings. The van der Waals surface area contributed by atoms with Gasteiger partial charge in [-0.05, 0) is 30.2 Å². The van der Waals surface area contributed by atoms with E-state index in [4.69, 9.17) is 9.47 Å². The molecule has 6 nitrogen and oxygen atoms in total. The summed E-state index contributed by atoms with van der Waals surface area (Å²) in [7, 11) is 2.95. The number of benzene rings is 1. The standard InChI is InChI=1S/C20H18F3N3O3/c1-28-13-4-6-25-14(10-24-16(25)9-13)12-7-11-3-5-26(19(23)18(21)22)20(27)17(11)15(8-12)29-2/h4,6-10,18-19H,3,5H2,1-2H3. The van der Waals surface area contributed by atoms with Gasteiger partial charge in [-0.3, -0.25) is 9.20 Å². The summed E-state index contributed by atoms with van der Waals surface area (Å²) in [6.45, 7) is -0.131. The van der Waals surface area contributed by atoms with Gasteiger partial charge in [0, 0.05) is 24.4 Å². The summed E-state index contributed by atoms with van der Waals surface area (Å²) in [4.78, 5) is 17.6. The Morgan fingerprint density at radius 1 is 1.14 bits per heavy atom. The highest BCUT2D eigenvalue weighted by molar-refractivity contribution is 6.00. The third-order valence-corrected chi connectivity index (χ3v) is 5.02. The molecule has 1 atom stereocenters. The average Bonchev–Trinajstić information content (AvgIpc) is 3.15. The second kappa shape index (κ2) is 7.31. The number of carbonyl (C=O) groups excluding carboxylic acids is 1. The maximum atomic E-state index is 13.8. The molecule has 1 unspecified atom stereocenters. The number of methoxy groups -OCH3 is 2. The van der Waals surface area contributed by atoms with E-state index >= 15 is 0 Å². The van der Waals surface area contributed by atoms with Crippen LogP contribution in [0.25, 0.3) is 16.9 Å². The van der Waals surface area contributed by atoms with Crippen LogP contribution in [0.5, 0.6) is 11.5 Å². The second-order valence-electron chi connectivity index (χ2n) is 6.61. The van der Waals surface area contributed by atoms with Gasteiger partial charge < -0.3 is 14.4 Å². The fraction of sp³-hybridized carbons (Fsp3) is 0.300. The minimum absolute atomic E-state index is 0.112. The number of alkyl halides is 3. The van der Waals surface area contributed by atoms with E-state index in [9.17, 15) is 18.0 Å². The van der Waals surface area contributed by atoms with Crippen molar-refractivity contribution >= 4 is 11.6 Å². The van der Waals surface area contributed by atoms with Gasteiger partial charge in [0.05, 0.1) is 31.7 Å². The number of halogens is 3. The first-order valence-corrected chi connectivity index (χ1v) is 8.90. The van der Waals surface area contributed by atoms with Crippen molar-refractivity contribution in [1.29, 1.82) is 0 Å². The number of amides is 1. The van der Waals surface area contributed by atoms with Gasteiger partial charge in [-0.25, -0.2) is 18.2 Å². The van der Waals surface area contributed by atoms with E-state index in [1.807, 2.05) is 10.6 Å². The fourth-order valence-corrected chi connectivity index (χ4v) is 3.58. The smallest absolute Gasteiger partial charge is 0.287 e. The number of ether oxygens (including phenoxy) is 2. The molecule has 4 rings (SSSR count). The molecule has 0 saturated carbocycles. The van der Waals surface area contributed by atoms with Crippen molar-refractivity contribution in [3.63, 3.8) is 0 Å². The van der Waals surface area contributed by atoms with E-state index in [2.05, 4.69) is 4.98 Å². The third kappa shape index (κ3) is 3.16. The van der Waals surface area contributed by atoms with E-state index in [1.54, 1.807) is 37.6 Å². The zero-order chi connectivity index (χ0) is 20.7. The minimum Gasteiger partial charge on any atom is -0.497 e. The van der Waals surface area contributed by atoms with Crippen LogP contribution >= 0.6 is 0 Å². The van der Waals surface area contributed by atoms with Crippen LogP contribution in [0.2, 0.25) is 0 Å². The lowest BCUT2D eigenvalue weighted by molar-refractivity contribution is -0.0382. The normalized spacial score (nSPS) is 15.0. The van der Waals surface area contributed by atoms with Crippen LogP contribution in [-0.4, -0.2) is 53.7 Å². The summed E-state index contributed by atoms with van der Waals surface area (Å²) in [5.74, 6) is 0.0747. The number of nitrogens with zero attached hydrogens (tertiary/aromatic N) is 3. The highest BCUT2D eigenvalue weighted by Gasteiger charge is 2.37. The van der Waals surface area contributed by atoms with E-state index in [-0.39, 0.29) is 24.3 Å². The third-order valence-electron chi connectivity index (χ3n) is 5.02. The van der Waals surface area contributed by atoms with Crippen LogP contribution in [0.1, 0.15) is 15.9 Å². The molecule has 152 valence electrons. The molecule has 0 N–H and O–H groups in total. The lowest BCUT2D eigenvalue weighted by Crippen LogP contribution is -2.46. The Balaban J connectivity index is 1.79. The zero-order valence-electron chi connectivity index (χ0n) is 15.7. The van der Waals surface area contributed by atoms with Crippen molar-refractivity contribution in [2.24, 2.45) is 0 Å². The first-order valence-electron chi connectivity index (χ1n) is 8.90. The van der Waals surface area contributed by atoms with Crippen LogP contribution in [-0.2, 0) is 6.42 Å². The molecule has 1 aromatic carbocycles. The van der Waals surface area contributed by atoms with Gasteiger partial charge in [-0.2, -0.15) is 0 Å². The molecular weight excluding hydrogens is 387 g/mol. The van der Waals surface area contributed by atoms with Crippen molar-refractivity contribution < 1.29 is 27.4 Å². The molecule has 1 aliphatic rings. The van der Waals surface area contributed by atoms with Crippen LogP contribution in [0, 0.1) is 0 Å². The first-order chi connectivity index (χ1) is 13.9. The molecule has 0 aliphatic carbocycles. The fourth-order valence-electron chi connectivity index (χ4n) is 3.58. The molecule has 0 radical (unpaired) electrons. The number of pyridine rings is 1. The van der Waals surface area contributed by atoms with Gasteiger partial charge in [-0.15, -0.1) is 0 Å². The highest BCUT2D eigenvalue weighted by atomic mass is 19.3. The lowest BCUT2D eigenvalue weighted by atomic mass is 9.94. The largest absolute Gasteiger partial charge is 0.497 e. The number of aromatic nitrogens is 2. The topological polar surface area (TPSA) is 56.1 Å². The van der Waals surface area contributed by atoms with Gasteiger partial charge in [0.2, 0.25) is 6.30 Å². The summed E-state index contributed by atoms with van der Waals surface area (Å²) in [6.07, 6.45) is -2.18. The van der Waals surface area contributed by atoms with Crippen molar-refractivity contribution in [3.05, 3.63) is 47.8 Å². The summed E-state index contributed by atoms with van der Waals surface area (Å²) in [5.41, 5.74) is 2.90. The quantitative estimate of drug-likeness (QED) is 0.609. The Morgan fingerprint density at radius 3 is 2.62 bits per heavy atom. The Hall–Kier alpha value is -3.23. The SMILES string of the molecule is COc1ccn2c(-c3cc4c(c(OC)c3)C(=O)N(C(F)C(F)F)CC4)cnc2c1. The van der Waals surface area contributed by atoms with Gasteiger partial charge in [-0.1, -0.05) is 0 Å². The van der Waals surface area contributed by atoms with Crippen molar-refractivity contribution in [1.82, 2.24) is 14.3 Å². The second-order valence-corrected chi connectivity index (χ2v) is 6.61. The monoisotopic (exact) mass is 405 g/mol. The lowest BCUT2D eigenvalue weighted by Gasteiger charge is -2.31. The number of rotatable bonds is 5. The maximum absolute atomic E-state index is 13.8. The predicted octanol–water partition coefficient (Wildman–Crippen LogP) is 3.58. The highest BCUT2D eigenvalue weighted by Crippen LogP contribution is 2.35. The molecule has 3 heterocycles. The summed E-state index contributed by atoms with van der Waals surface area (Å²) in [5, 5.41) is 0. The summed E-state index contributed by atoms with van der Waals surface area (Å²) in [6, 6.07) is 6.99. The van der Waals surface area contributed by atoms with E-state index < -0.39 is 18.6 Å². The number of carbonyl (C=O) groups is 1. The van der Waals surface area contributed by atoms with E-state index in [0.717, 1.165) is 11.3 Å². The number of fused-ring (bicyclic) bond motifs is 2. The molecule has 0 saturated heterocycles. The average molecular weight is 405 g/mol. The van der Waals surface area contributed by atoms with E-state index in [1.165, 1.54) is 7.11 Å². The molecule has 0 bridgehead atoms. The molecule has 0 spiro atoms. The van der Waals surface area contributed by atoms with Gasteiger partial charge >= 0.3 is 0 Å². The number of imidazole rings is 1. The number of hydrogen-bond acceptors (Lipinski definition) is 4. The van der Waals surface area contributed by atoms with Crippen LogP contribution in [0.4, 0.5) is 13.2 Å². The van der Waals surface area contributed by atoms with Gasteiger partial charge in [0.15, 0.2) is 0 Å². The molecule has 2 aromatic heterocycles. The van der Waals surface area contributed by atoms with E-state index in [0.29, 0.717) is 21.9 Å². The Kier molecular flexibility index (Phi) is 4.81.